The molecule has 0 radical (unpaired) electrons. The fourth-order valence-corrected chi connectivity index (χ4v) is 7.36. The van der Waals surface area contributed by atoms with Crippen LogP contribution < -0.4 is 11.3 Å². The molecule has 0 aromatic heterocycles. The smallest absolute Gasteiger partial charge is 0.241 e. The second-order valence-corrected chi connectivity index (χ2v) is 9.25. The Morgan fingerprint density at radius 1 is 1.13 bits per heavy atom. The van der Waals surface area contributed by atoms with Crippen LogP contribution in [0.2, 0.25) is 0 Å². The molecular formula is C20H32N2O. The Labute approximate surface area is 140 Å². The fraction of sp³-hybridized carbons (Fsp3) is 0.850. The molecular weight excluding hydrogens is 284 g/mol. The van der Waals surface area contributed by atoms with Gasteiger partial charge >= 0.3 is 0 Å². The van der Waals surface area contributed by atoms with Gasteiger partial charge in [0.15, 0.2) is 0 Å². The van der Waals surface area contributed by atoms with Gasteiger partial charge in [0.25, 0.3) is 0 Å². The SMILES string of the molecule is C[C@@]12CCC[C@H]1[C@@H]1CCC3CC=CC(C(=O)NN)[C@]3(C)[C@@H]1CC2. The van der Waals surface area contributed by atoms with Crippen LogP contribution >= 0.6 is 0 Å². The van der Waals surface area contributed by atoms with Crippen molar-refractivity contribution >= 4 is 5.91 Å². The van der Waals surface area contributed by atoms with Gasteiger partial charge in [-0.15, -0.1) is 0 Å². The molecule has 3 fully saturated rings. The molecule has 3 nitrogen and oxygen atoms in total. The van der Waals surface area contributed by atoms with Gasteiger partial charge in [0.05, 0.1) is 5.92 Å². The van der Waals surface area contributed by atoms with Crippen LogP contribution in [0.25, 0.3) is 0 Å². The number of allylic oxidation sites excluding steroid dienone is 1. The number of carbonyl (C=O) groups excluding carboxylic acids is 1. The number of hydrazine groups is 1. The zero-order chi connectivity index (χ0) is 16.2. The van der Waals surface area contributed by atoms with E-state index >= 15 is 0 Å². The third-order valence-corrected chi connectivity index (χ3v) is 8.59. The van der Waals surface area contributed by atoms with E-state index in [0.717, 1.165) is 18.3 Å². The molecule has 3 N–H and O–H groups in total. The van der Waals surface area contributed by atoms with Crippen LogP contribution in [0, 0.1) is 40.4 Å². The van der Waals surface area contributed by atoms with Gasteiger partial charge in [-0.3, -0.25) is 10.2 Å². The third kappa shape index (κ3) is 2.08. The highest BCUT2D eigenvalue weighted by molar-refractivity contribution is 5.81. The van der Waals surface area contributed by atoms with Crippen LogP contribution in [0.3, 0.4) is 0 Å². The summed E-state index contributed by atoms with van der Waals surface area (Å²) in [5.74, 6) is 8.59. The summed E-state index contributed by atoms with van der Waals surface area (Å²) < 4.78 is 0. The first-order chi connectivity index (χ1) is 11.0. The summed E-state index contributed by atoms with van der Waals surface area (Å²) in [6, 6.07) is 0. The molecule has 3 saturated carbocycles. The number of nitrogens with one attached hydrogen (secondary N) is 1. The molecule has 0 aromatic rings. The van der Waals surface area contributed by atoms with Crippen molar-refractivity contribution in [1.82, 2.24) is 5.43 Å². The highest BCUT2D eigenvalue weighted by Crippen LogP contribution is 2.66. The first kappa shape index (κ1) is 15.7. The minimum atomic E-state index is -0.0372. The van der Waals surface area contributed by atoms with E-state index in [9.17, 15) is 4.79 Å². The lowest BCUT2D eigenvalue weighted by Gasteiger charge is -2.60. The molecule has 1 amide bonds. The number of hydrogen-bond acceptors (Lipinski definition) is 2. The van der Waals surface area contributed by atoms with Crippen LogP contribution in [-0.2, 0) is 4.79 Å². The highest BCUT2D eigenvalue weighted by atomic mass is 16.2. The highest BCUT2D eigenvalue weighted by Gasteiger charge is 2.60. The fourth-order valence-electron chi connectivity index (χ4n) is 7.36. The summed E-state index contributed by atoms with van der Waals surface area (Å²) >= 11 is 0. The Morgan fingerprint density at radius 3 is 2.74 bits per heavy atom. The Balaban J connectivity index is 1.71. The summed E-state index contributed by atoms with van der Waals surface area (Å²) in [6.07, 6.45) is 15.1. The number of carbonyl (C=O) groups is 1. The van der Waals surface area contributed by atoms with Gasteiger partial charge in [-0.2, -0.15) is 0 Å². The number of rotatable bonds is 1. The van der Waals surface area contributed by atoms with Gasteiger partial charge in [-0.1, -0.05) is 32.4 Å². The number of amides is 1. The summed E-state index contributed by atoms with van der Waals surface area (Å²) in [5, 5.41) is 0. The van der Waals surface area contributed by atoms with Crippen LogP contribution in [0.4, 0.5) is 0 Å². The van der Waals surface area contributed by atoms with Crippen LogP contribution in [-0.4, -0.2) is 5.91 Å². The largest absolute Gasteiger partial charge is 0.294 e. The number of fused-ring (bicyclic) bond motifs is 5. The van der Waals surface area contributed by atoms with Gasteiger partial charge in [0, 0.05) is 0 Å². The maximum Gasteiger partial charge on any atom is 0.241 e. The molecule has 0 saturated heterocycles. The van der Waals surface area contributed by atoms with Crippen molar-refractivity contribution in [3.05, 3.63) is 12.2 Å². The second-order valence-electron chi connectivity index (χ2n) is 9.25. The van der Waals surface area contributed by atoms with E-state index in [1.807, 2.05) is 0 Å². The van der Waals surface area contributed by atoms with E-state index < -0.39 is 0 Å². The Kier molecular flexibility index (Phi) is 3.64. The lowest BCUT2D eigenvalue weighted by Crippen LogP contribution is -2.57. The molecule has 2 unspecified atom stereocenters. The molecule has 0 bridgehead atoms. The van der Waals surface area contributed by atoms with E-state index in [0.29, 0.717) is 17.3 Å². The third-order valence-electron chi connectivity index (χ3n) is 8.59. The average Bonchev–Trinajstić information content (AvgIpc) is 2.95. The van der Waals surface area contributed by atoms with Crippen molar-refractivity contribution in [3.63, 3.8) is 0 Å². The molecule has 128 valence electrons. The summed E-state index contributed by atoms with van der Waals surface area (Å²) in [6.45, 7) is 4.95. The first-order valence-corrected chi connectivity index (χ1v) is 9.68. The second kappa shape index (κ2) is 5.34. The molecule has 3 heteroatoms. The van der Waals surface area contributed by atoms with Gasteiger partial charge in [0.2, 0.25) is 5.91 Å². The van der Waals surface area contributed by atoms with Crippen molar-refractivity contribution in [1.29, 1.82) is 0 Å². The van der Waals surface area contributed by atoms with E-state index in [1.54, 1.807) is 0 Å². The molecule has 4 aliphatic carbocycles. The standard InChI is InChI=1S/C20H32N2O/c1-19-11-4-7-15(19)14-9-8-13-5-3-6-17(18(23)22-21)20(13,2)16(14)10-12-19/h3,6,13-17H,4-5,7-12,21H2,1-2H3,(H,22,23)/t13?,14-,15-,16+,17?,19-,20-/m0/s1. The van der Waals surface area contributed by atoms with E-state index in [2.05, 4.69) is 31.4 Å². The zero-order valence-corrected chi connectivity index (χ0v) is 14.7. The summed E-state index contributed by atoms with van der Waals surface area (Å²) in [7, 11) is 0. The minimum Gasteiger partial charge on any atom is -0.294 e. The van der Waals surface area contributed by atoms with Crippen LogP contribution in [0.1, 0.15) is 65.2 Å². The zero-order valence-electron chi connectivity index (χ0n) is 14.7. The molecule has 0 spiro atoms. The number of nitrogens with two attached hydrogens (primary N) is 1. The Bertz CT molecular complexity index is 530. The van der Waals surface area contributed by atoms with Crippen LogP contribution in [0.15, 0.2) is 12.2 Å². The molecule has 0 heterocycles. The first-order valence-electron chi connectivity index (χ1n) is 9.68. The Morgan fingerprint density at radius 2 is 1.96 bits per heavy atom. The van der Waals surface area contributed by atoms with Gasteiger partial charge in [0.1, 0.15) is 0 Å². The maximum absolute atomic E-state index is 12.5. The van der Waals surface area contributed by atoms with Crippen molar-refractivity contribution in [2.24, 2.45) is 46.3 Å². The monoisotopic (exact) mass is 316 g/mol. The van der Waals surface area contributed by atoms with E-state index in [-0.39, 0.29) is 17.2 Å². The van der Waals surface area contributed by atoms with Crippen molar-refractivity contribution in [2.75, 3.05) is 0 Å². The van der Waals surface area contributed by atoms with Gasteiger partial charge in [-0.25, -0.2) is 5.84 Å². The molecule has 0 aromatic carbocycles. The summed E-state index contributed by atoms with van der Waals surface area (Å²) in [4.78, 5) is 12.5. The van der Waals surface area contributed by atoms with Crippen LogP contribution in [0.5, 0.6) is 0 Å². The predicted molar refractivity (Wildman–Crippen MR) is 92.1 cm³/mol. The topological polar surface area (TPSA) is 55.1 Å². The lowest BCUT2D eigenvalue weighted by molar-refractivity contribution is -0.143. The molecule has 4 rings (SSSR count). The normalized spacial score (nSPS) is 51.5. The predicted octanol–water partition coefficient (Wildman–Crippen LogP) is 3.80. The van der Waals surface area contributed by atoms with Gasteiger partial charge in [-0.05, 0) is 79.4 Å². The number of hydrogen-bond donors (Lipinski definition) is 2. The molecule has 7 atom stereocenters. The lowest BCUT2D eigenvalue weighted by atomic mass is 9.44. The molecule has 23 heavy (non-hydrogen) atoms. The van der Waals surface area contributed by atoms with Crippen molar-refractivity contribution in [3.8, 4) is 0 Å². The Hall–Kier alpha value is -0.830. The van der Waals surface area contributed by atoms with Crippen molar-refractivity contribution < 1.29 is 4.79 Å². The quantitative estimate of drug-likeness (QED) is 0.334. The van der Waals surface area contributed by atoms with Crippen molar-refractivity contribution in [2.45, 2.75) is 65.2 Å². The molecule has 4 aliphatic rings. The molecule has 0 aliphatic heterocycles. The van der Waals surface area contributed by atoms with E-state index in [1.165, 1.54) is 44.9 Å². The summed E-state index contributed by atoms with van der Waals surface area (Å²) in [5.41, 5.74) is 3.14. The minimum absolute atomic E-state index is 0.0221. The van der Waals surface area contributed by atoms with E-state index in [4.69, 9.17) is 5.84 Å². The maximum atomic E-state index is 12.5. The average molecular weight is 316 g/mol. The van der Waals surface area contributed by atoms with Gasteiger partial charge < -0.3 is 0 Å².